The Hall–Kier alpha value is -3.08. The lowest BCUT2D eigenvalue weighted by molar-refractivity contribution is 0.0772. The molecule has 25 heavy (non-hydrogen) atoms. The summed E-state index contributed by atoms with van der Waals surface area (Å²) in [5, 5.41) is 3.83. The summed E-state index contributed by atoms with van der Waals surface area (Å²) in [6.45, 7) is 5.20. The minimum absolute atomic E-state index is 0.0355. The summed E-state index contributed by atoms with van der Waals surface area (Å²) in [4.78, 5) is 29.8. The molecular formula is C20H21N3O2. The van der Waals surface area contributed by atoms with Gasteiger partial charge >= 0.3 is 0 Å². The Morgan fingerprint density at radius 1 is 1.00 bits per heavy atom. The van der Waals surface area contributed by atoms with Crippen molar-refractivity contribution in [3.8, 4) is 0 Å². The highest BCUT2D eigenvalue weighted by Gasteiger charge is 2.14. The van der Waals surface area contributed by atoms with E-state index in [1.165, 1.54) is 0 Å². The average Bonchev–Trinajstić information content (AvgIpc) is 3.07. The van der Waals surface area contributed by atoms with Gasteiger partial charge in [-0.05, 0) is 44.2 Å². The van der Waals surface area contributed by atoms with Gasteiger partial charge < -0.3 is 15.2 Å². The number of para-hydroxylation sites is 1. The minimum Gasteiger partial charge on any atom is -0.351 e. The van der Waals surface area contributed by atoms with Crippen molar-refractivity contribution in [1.29, 1.82) is 0 Å². The van der Waals surface area contributed by atoms with E-state index in [-0.39, 0.29) is 11.8 Å². The largest absolute Gasteiger partial charge is 0.351 e. The van der Waals surface area contributed by atoms with Crippen LogP contribution in [0.1, 0.15) is 34.7 Å². The predicted octanol–water partition coefficient (Wildman–Crippen LogP) is 3.90. The van der Waals surface area contributed by atoms with Gasteiger partial charge in [0.2, 0.25) is 0 Å². The Morgan fingerprint density at radius 2 is 1.76 bits per heavy atom. The maximum absolute atomic E-state index is 12.5. The first-order valence-electron chi connectivity index (χ1n) is 8.40. The number of carbonyl (C=O) groups excluding carboxylic acids is 2. The first-order valence-corrected chi connectivity index (χ1v) is 8.40. The lowest BCUT2D eigenvalue weighted by Crippen LogP contribution is -2.30. The number of benzene rings is 2. The number of hydrogen-bond donors (Lipinski definition) is 2. The molecule has 5 nitrogen and oxygen atoms in total. The molecule has 0 saturated carbocycles. The molecular weight excluding hydrogens is 314 g/mol. The molecule has 0 radical (unpaired) electrons. The number of nitrogens with one attached hydrogen (secondary N) is 2. The molecule has 0 aliphatic heterocycles. The van der Waals surface area contributed by atoms with E-state index in [0.29, 0.717) is 30.0 Å². The van der Waals surface area contributed by atoms with Crippen LogP contribution in [0.15, 0.2) is 54.6 Å². The van der Waals surface area contributed by atoms with E-state index in [9.17, 15) is 9.59 Å². The van der Waals surface area contributed by atoms with Gasteiger partial charge in [0.05, 0.1) is 0 Å². The highest BCUT2D eigenvalue weighted by Crippen LogP contribution is 2.17. The fourth-order valence-corrected chi connectivity index (χ4v) is 2.82. The zero-order valence-electron chi connectivity index (χ0n) is 14.4. The lowest BCUT2D eigenvalue weighted by atomic mass is 10.1. The number of amides is 2. The first-order chi connectivity index (χ1) is 12.1. The molecule has 3 aromatic rings. The summed E-state index contributed by atoms with van der Waals surface area (Å²) in [6, 6.07) is 16.6. The Morgan fingerprint density at radius 3 is 2.48 bits per heavy atom. The van der Waals surface area contributed by atoms with Crippen LogP contribution < -0.4 is 5.32 Å². The number of hydrogen-bond acceptors (Lipinski definition) is 2. The number of anilines is 1. The van der Waals surface area contributed by atoms with Crippen LogP contribution in [-0.4, -0.2) is 34.8 Å². The van der Waals surface area contributed by atoms with Crippen LogP contribution in [0.5, 0.6) is 0 Å². The normalized spacial score (nSPS) is 10.6. The van der Waals surface area contributed by atoms with Crippen molar-refractivity contribution >= 4 is 28.4 Å². The van der Waals surface area contributed by atoms with Crippen molar-refractivity contribution in [3.05, 3.63) is 65.9 Å². The van der Waals surface area contributed by atoms with Crippen LogP contribution >= 0.6 is 0 Å². The highest BCUT2D eigenvalue weighted by molar-refractivity contribution is 6.06. The standard InChI is InChI=1S/C20H21N3O2/c1-3-23(4-2)20(25)15-9-7-10-16(12-15)21-19(24)18-13-14-8-5-6-11-17(14)22-18/h5-13,22H,3-4H2,1-2H3,(H,21,24). The van der Waals surface area contributed by atoms with E-state index in [2.05, 4.69) is 10.3 Å². The third-order valence-corrected chi connectivity index (χ3v) is 4.19. The van der Waals surface area contributed by atoms with Crippen LogP contribution in [0.2, 0.25) is 0 Å². The van der Waals surface area contributed by atoms with Crippen molar-refractivity contribution < 1.29 is 9.59 Å². The van der Waals surface area contributed by atoms with Crippen molar-refractivity contribution in [3.63, 3.8) is 0 Å². The third-order valence-electron chi connectivity index (χ3n) is 4.19. The number of nitrogens with zero attached hydrogens (tertiary/aromatic N) is 1. The summed E-state index contributed by atoms with van der Waals surface area (Å²) in [5.74, 6) is -0.268. The smallest absolute Gasteiger partial charge is 0.272 e. The summed E-state index contributed by atoms with van der Waals surface area (Å²) < 4.78 is 0. The second kappa shape index (κ2) is 7.21. The first kappa shape index (κ1) is 16.8. The van der Waals surface area contributed by atoms with E-state index in [1.54, 1.807) is 29.2 Å². The second-order valence-corrected chi connectivity index (χ2v) is 5.78. The summed E-state index contributed by atoms with van der Waals surface area (Å²) in [5.41, 5.74) is 2.57. The number of aromatic amines is 1. The molecule has 128 valence electrons. The Kier molecular flexibility index (Phi) is 4.84. The second-order valence-electron chi connectivity index (χ2n) is 5.78. The van der Waals surface area contributed by atoms with Gasteiger partial charge in [0.25, 0.3) is 11.8 Å². The summed E-state index contributed by atoms with van der Waals surface area (Å²) >= 11 is 0. The molecule has 0 bridgehead atoms. The van der Waals surface area contributed by atoms with Gasteiger partial charge in [0.15, 0.2) is 0 Å². The van der Waals surface area contributed by atoms with Crippen LogP contribution in [0.25, 0.3) is 10.9 Å². The molecule has 5 heteroatoms. The maximum atomic E-state index is 12.5. The van der Waals surface area contributed by atoms with Crippen molar-refractivity contribution in [1.82, 2.24) is 9.88 Å². The zero-order chi connectivity index (χ0) is 17.8. The fraction of sp³-hybridized carbons (Fsp3) is 0.200. The van der Waals surface area contributed by atoms with E-state index in [1.807, 2.05) is 44.2 Å². The molecule has 0 aliphatic carbocycles. The minimum atomic E-state index is -0.233. The number of aromatic nitrogens is 1. The van der Waals surface area contributed by atoms with Crippen LogP contribution in [0.3, 0.4) is 0 Å². The molecule has 2 N–H and O–H groups in total. The van der Waals surface area contributed by atoms with Crippen LogP contribution in [0, 0.1) is 0 Å². The molecule has 0 unspecified atom stereocenters. The van der Waals surface area contributed by atoms with Gasteiger partial charge in [-0.25, -0.2) is 0 Å². The van der Waals surface area contributed by atoms with Crippen molar-refractivity contribution in [2.45, 2.75) is 13.8 Å². The van der Waals surface area contributed by atoms with Crippen LogP contribution in [-0.2, 0) is 0 Å². The molecule has 0 saturated heterocycles. The number of rotatable bonds is 5. The molecule has 0 spiro atoms. The quantitative estimate of drug-likeness (QED) is 0.742. The Balaban J connectivity index is 1.79. The topological polar surface area (TPSA) is 65.2 Å². The highest BCUT2D eigenvalue weighted by atomic mass is 16.2. The predicted molar refractivity (Wildman–Crippen MR) is 99.9 cm³/mol. The number of carbonyl (C=O) groups is 2. The molecule has 0 aliphatic rings. The van der Waals surface area contributed by atoms with Gasteiger partial charge in [0, 0.05) is 35.2 Å². The summed E-state index contributed by atoms with van der Waals surface area (Å²) in [7, 11) is 0. The van der Waals surface area contributed by atoms with E-state index in [0.717, 1.165) is 10.9 Å². The number of fused-ring (bicyclic) bond motifs is 1. The van der Waals surface area contributed by atoms with Crippen molar-refractivity contribution in [2.75, 3.05) is 18.4 Å². The fourth-order valence-electron chi connectivity index (χ4n) is 2.82. The van der Waals surface area contributed by atoms with Crippen molar-refractivity contribution in [2.24, 2.45) is 0 Å². The van der Waals surface area contributed by atoms with Gasteiger partial charge in [-0.15, -0.1) is 0 Å². The van der Waals surface area contributed by atoms with Gasteiger partial charge in [0.1, 0.15) is 5.69 Å². The third kappa shape index (κ3) is 3.55. The van der Waals surface area contributed by atoms with Crippen LogP contribution in [0.4, 0.5) is 5.69 Å². The van der Waals surface area contributed by atoms with E-state index < -0.39 is 0 Å². The Bertz CT molecular complexity index is 877. The Labute approximate surface area is 146 Å². The van der Waals surface area contributed by atoms with Gasteiger partial charge in [-0.2, -0.15) is 0 Å². The molecule has 1 aromatic heterocycles. The molecule has 0 fully saturated rings. The molecule has 0 atom stereocenters. The monoisotopic (exact) mass is 335 g/mol. The van der Waals surface area contributed by atoms with Gasteiger partial charge in [-0.3, -0.25) is 9.59 Å². The SMILES string of the molecule is CCN(CC)C(=O)c1cccc(NC(=O)c2cc3ccccc3[nH]2)c1. The average molecular weight is 335 g/mol. The van der Waals surface area contributed by atoms with E-state index >= 15 is 0 Å². The van der Waals surface area contributed by atoms with Gasteiger partial charge in [-0.1, -0.05) is 24.3 Å². The molecule has 1 heterocycles. The maximum Gasteiger partial charge on any atom is 0.272 e. The molecule has 2 amide bonds. The van der Waals surface area contributed by atoms with E-state index in [4.69, 9.17) is 0 Å². The summed E-state index contributed by atoms with van der Waals surface area (Å²) in [6.07, 6.45) is 0. The lowest BCUT2D eigenvalue weighted by Gasteiger charge is -2.19. The molecule has 3 rings (SSSR count). The molecule has 2 aromatic carbocycles. The zero-order valence-corrected chi connectivity index (χ0v) is 14.4. The number of H-pyrrole nitrogens is 1.